The van der Waals surface area contributed by atoms with E-state index in [-0.39, 0.29) is 11.6 Å². The van der Waals surface area contributed by atoms with Crippen LogP contribution in [0.2, 0.25) is 0 Å². The Balaban J connectivity index is 2.27. The van der Waals surface area contributed by atoms with Crippen LogP contribution in [0.3, 0.4) is 0 Å². The van der Waals surface area contributed by atoms with Gasteiger partial charge in [0.1, 0.15) is 6.04 Å². The number of amides is 1. The summed E-state index contributed by atoms with van der Waals surface area (Å²) in [5, 5.41) is 19.8. The van der Waals surface area contributed by atoms with E-state index >= 15 is 0 Å². The van der Waals surface area contributed by atoms with Gasteiger partial charge in [-0.1, -0.05) is 37.6 Å². The molecule has 0 spiro atoms. The van der Waals surface area contributed by atoms with Gasteiger partial charge in [0, 0.05) is 0 Å². The number of carboxylic acids is 1. The van der Waals surface area contributed by atoms with Gasteiger partial charge >= 0.3 is 5.97 Å². The zero-order chi connectivity index (χ0) is 17.9. The second-order valence-electron chi connectivity index (χ2n) is 5.95. The Labute approximate surface area is 140 Å². The van der Waals surface area contributed by atoms with Gasteiger partial charge < -0.3 is 10.4 Å². The normalized spacial score (nSPS) is 13.3. The van der Waals surface area contributed by atoms with E-state index in [0.29, 0.717) is 12.1 Å². The maximum Gasteiger partial charge on any atom is 0.326 e. The molecule has 0 fully saturated rings. The summed E-state index contributed by atoms with van der Waals surface area (Å²) in [6, 6.07) is 6.71. The van der Waals surface area contributed by atoms with Crippen LogP contribution in [-0.2, 0) is 4.79 Å². The van der Waals surface area contributed by atoms with Gasteiger partial charge in [0.25, 0.3) is 5.91 Å². The Hall–Kier alpha value is -2.70. The third-order valence-corrected chi connectivity index (χ3v) is 4.12. The molecule has 0 unspecified atom stereocenters. The van der Waals surface area contributed by atoms with E-state index in [1.807, 2.05) is 38.1 Å². The molecule has 7 nitrogen and oxygen atoms in total. The number of hydrogen-bond donors (Lipinski definition) is 2. The minimum Gasteiger partial charge on any atom is -0.480 e. The molecule has 1 heterocycles. The summed E-state index contributed by atoms with van der Waals surface area (Å²) >= 11 is 0. The van der Waals surface area contributed by atoms with Crippen molar-refractivity contribution in [3.63, 3.8) is 0 Å². The molecule has 7 heteroatoms. The molecule has 24 heavy (non-hydrogen) atoms. The van der Waals surface area contributed by atoms with Crippen LogP contribution in [0, 0.1) is 19.8 Å². The van der Waals surface area contributed by atoms with E-state index < -0.39 is 17.9 Å². The smallest absolute Gasteiger partial charge is 0.326 e. The summed E-state index contributed by atoms with van der Waals surface area (Å²) in [5.41, 5.74) is 2.56. The fourth-order valence-electron chi connectivity index (χ4n) is 2.44. The van der Waals surface area contributed by atoms with Crippen molar-refractivity contribution in [2.24, 2.45) is 5.92 Å². The highest BCUT2D eigenvalue weighted by atomic mass is 16.4. The first-order chi connectivity index (χ1) is 11.3. The van der Waals surface area contributed by atoms with Crippen LogP contribution in [0.1, 0.15) is 42.0 Å². The van der Waals surface area contributed by atoms with Gasteiger partial charge in [-0.2, -0.15) is 0 Å². The zero-order valence-corrected chi connectivity index (χ0v) is 14.3. The van der Waals surface area contributed by atoms with Gasteiger partial charge in [0.2, 0.25) is 0 Å². The molecular formula is C17H22N4O3. The molecule has 1 amide bonds. The summed E-state index contributed by atoms with van der Waals surface area (Å²) in [6.45, 7) is 7.37. The Bertz CT molecular complexity index is 754. The molecule has 0 aliphatic carbocycles. The van der Waals surface area contributed by atoms with Gasteiger partial charge in [-0.25, -0.2) is 9.48 Å². The lowest BCUT2D eigenvalue weighted by atomic mass is 9.99. The maximum absolute atomic E-state index is 12.4. The molecule has 1 aromatic carbocycles. The van der Waals surface area contributed by atoms with Crippen molar-refractivity contribution in [2.75, 3.05) is 0 Å². The lowest BCUT2D eigenvalue weighted by Crippen LogP contribution is -2.45. The zero-order valence-electron chi connectivity index (χ0n) is 14.3. The quantitative estimate of drug-likeness (QED) is 0.845. The average Bonchev–Trinajstić information content (AvgIpc) is 2.93. The molecule has 0 bridgehead atoms. The predicted molar refractivity (Wildman–Crippen MR) is 89.2 cm³/mol. The van der Waals surface area contributed by atoms with E-state index in [9.17, 15) is 14.7 Å². The highest BCUT2D eigenvalue weighted by molar-refractivity contribution is 5.95. The first-order valence-corrected chi connectivity index (χ1v) is 7.88. The fourth-order valence-corrected chi connectivity index (χ4v) is 2.44. The van der Waals surface area contributed by atoms with Crippen molar-refractivity contribution in [1.29, 1.82) is 0 Å². The van der Waals surface area contributed by atoms with Crippen LogP contribution in [0.25, 0.3) is 5.69 Å². The molecule has 2 atom stereocenters. The molecule has 1 aromatic heterocycles. The minimum absolute atomic E-state index is 0.131. The summed E-state index contributed by atoms with van der Waals surface area (Å²) in [6.07, 6.45) is 0.645. The number of nitrogens with zero attached hydrogens (tertiary/aromatic N) is 3. The monoisotopic (exact) mass is 330 g/mol. The van der Waals surface area contributed by atoms with E-state index in [4.69, 9.17) is 0 Å². The minimum atomic E-state index is -1.05. The van der Waals surface area contributed by atoms with Gasteiger partial charge in [-0.05, 0) is 37.5 Å². The van der Waals surface area contributed by atoms with Crippen molar-refractivity contribution in [3.05, 3.63) is 41.2 Å². The van der Waals surface area contributed by atoms with Gasteiger partial charge in [-0.3, -0.25) is 4.79 Å². The van der Waals surface area contributed by atoms with Crippen molar-refractivity contribution in [1.82, 2.24) is 20.3 Å². The van der Waals surface area contributed by atoms with Crippen molar-refractivity contribution in [3.8, 4) is 5.69 Å². The lowest BCUT2D eigenvalue weighted by molar-refractivity contribution is -0.140. The molecule has 0 saturated heterocycles. The third kappa shape index (κ3) is 3.61. The number of hydrogen-bond acceptors (Lipinski definition) is 4. The molecule has 0 aliphatic rings. The first kappa shape index (κ1) is 17.7. The van der Waals surface area contributed by atoms with Crippen LogP contribution in [-0.4, -0.2) is 38.0 Å². The Morgan fingerprint density at radius 2 is 2.04 bits per heavy atom. The Morgan fingerprint density at radius 1 is 1.33 bits per heavy atom. The van der Waals surface area contributed by atoms with E-state index in [2.05, 4.69) is 15.6 Å². The largest absolute Gasteiger partial charge is 0.480 e. The highest BCUT2D eigenvalue weighted by Crippen LogP contribution is 2.15. The number of aryl methyl sites for hydroxylation is 1. The number of benzene rings is 1. The van der Waals surface area contributed by atoms with Gasteiger partial charge in [-0.15, -0.1) is 5.10 Å². The van der Waals surface area contributed by atoms with Crippen molar-refractivity contribution < 1.29 is 14.7 Å². The molecule has 0 radical (unpaired) electrons. The lowest BCUT2D eigenvalue weighted by Gasteiger charge is -2.19. The molecular weight excluding hydrogens is 308 g/mol. The average molecular weight is 330 g/mol. The predicted octanol–water partition coefficient (Wildman–Crippen LogP) is 2.11. The van der Waals surface area contributed by atoms with Gasteiger partial charge in [0.15, 0.2) is 5.69 Å². The number of nitrogens with one attached hydrogen (secondary N) is 1. The van der Waals surface area contributed by atoms with Crippen LogP contribution in [0.4, 0.5) is 0 Å². The Kier molecular flexibility index (Phi) is 5.33. The van der Waals surface area contributed by atoms with Crippen LogP contribution in [0.5, 0.6) is 0 Å². The standard InChI is InChI=1S/C17H22N4O3/c1-5-11(3)14(17(23)24)18-16(22)15-12(4)21(20-19-15)13-8-6-7-10(2)9-13/h6-9,11,14H,5H2,1-4H3,(H,18,22)(H,23,24)/t11-,14-/m0/s1. The molecule has 128 valence electrons. The van der Waals surface area contributed by atoms with E-state index in [1.165, 1.54) is 0 Å². The molecule has 2 N–H and O–H groups in total. The molecule has 0 saturated carbocycles. The second-order valence-corrected chi connectivity index (χ2v) is 5.95. The number of aliphatic carboxylic acids is 1. The number of carbonyl (C=O) groups is 2. The molecule has 2 aromatic rings. The topological polar surface area (TPSA) is 97.1 Å². The maximum atomic E-state index is 12.4. The number of carbonyl (C=O) groups excluding carboxylic acids is 1. The number of aromatic nitrogens is 3. The summed E-state index contributed by atoms with van der Waals surface area (Å²) in [5.74, 6) is -1.76. The SMILES string of the molecule is CC[C@H](C)[C@H](NC(=O)c1nnn(-c2cccc(C)c2)c1C)C(=O)O. The Morgan fingerprint density at radius 3 is 2.62 bits per heavy atom. The third-order valence-electron chi connectivity index (χ3n) is 4.12. The van der Waals surface area contributed by atoms with Crippen molar-refractivity contribution in [2.45, 2.75) is 40.2 Å². The molecule has 0 aliphatic heterocycles. The fraction of sp³-hybridized carbons (Fsp3) is 0.412. The van der Waals surface area contributed by atoms with Crippen LogP contribution < -0.4 is 5.32 Å². The van der Waals surface area contributed by atoms with Crippen LogP contribution in [0.15, 0.2) is 24.3 Å². The van der Waals surface area contributed by atoms with Gasteiger partial charge in [0.05, 0.1) is 11.4 Å². The van der Waals surface area contributed by atoms with E-state index in [0.717, 1.165) is 11.3 Å². The first-order valence-electron chi connectivity index (χ1n) is 7.88. The van der Waals surface area contributed by atoms with E-state index in [1.54, 1.807) is 18.5 Å². The summed E-state index contributed by atoms with van der Waals surface area (Å²) in [7, 11) is 0. The number of carboxylic acid groups (broad SMARTS) is 1. The number of rotatable bonds is 6. The highest BCUT2D eigenvalue weighted by Gasteiger charge is 2.28. The second kappa shape index (κ2) is 7.25. The van der Waals surface area contributed by atoms with Crippen molar-refractivity contribution >= 4 is 11.9 Å². The van der Waals surface area contributed by atoms with Crippen LogP contribution >= 0.6 is 0 Å². The summed E-state index contributed by atoms with van der Waals surface area (Å²) in [4.78, 5) is 23.8. The molecule has 2 rings (SSSR count). The summed E-state index contributed by atoms with van der Waals surface area (Å²) < 4.78 is 1.57.